The van der Waals surface area contributed by atoms with Gasteiger partial charge in [0.2, 0.25) is 11.9 Å². The van der Waals surface area contributed by atoms with Crippen LogP contribution in [-0.2, 0) is 0 Å². The Morgan fingerprint density at radius 2 is 2.00 bits per heavy atom. The Balaban J connectivity index is 1.87. The number of rotatable bonds is 4. The van der Waals surface area contributed by atoms with Crippen LogP contribution >= 0.6 is 23.2 Å². The molecule has 1 aromatic carbocycles. The summed E-state index contributed by atoms with van der Waals surface area (Å²) in [6.45, 7) is 0. The number of nitrogens with two attached hydrogens (primary N) is 2. The summed E-state index contributed by atoms with van der Waals surface area (Å²) >= 11 is 13.3. The number of nitriles is 1. The topological polar surface area (TPSA) is 153 Å². The van der Waals surface area contributed by atoms with Crippen molar-refractivity contribution >= 4 is 57.6 Å². The average molecular weight is 494 g/mol. The van der Waals surface area contributed by atoms with Gasteiger partial charge < -0.3 is 11.5 Å². The zero-order valence-corrected chi connectivity index (χ0v) is 19.3. The van der Waals surface area contributed by atoms with Gasteiger partial charge in [-0.3, -0.25) is 14.7 Å². The van der Waals surface area contributed by atoms with Gasteiger partial charge in [-0.15, -0.1) is 0 Å². The molecule has 0 spiro atoms. The molecule has 3 heterocycles. The standard InChI is InChI=1S/C22H17Cl2N9O/c1-32(19-13(8-25)18(26)30-21(27)31-19)22-29-17-14(23)7-12(10-4-5-10)16(24)15(17)20(34)33(22)11-3-2-6-28-9-11/h2-3,6-7,9-10H,4-5H2,1H3,(H4,26,27,30,31). The molecule has 4 aromatic rings. The summed E-state index contributed by atoms with van der Waals surface area (Å²) in [5.41, 5.74) is 12.7. The van der Waals surface area contributed by atoms with Gasteiger partial charge in [0.05, 0.1) is 32.8 Å². The lowest BCUT2D eigenvalue weighted by Crippen LogP contribution is -2.29. The largest absolute Gasteiger partial charge is 0.382 e. The summed E-state index contributed by atoms with van der Waals surface area (Å²) in [6.07, 6.45) is 5.07. The number of benzene rings is 1. The monoisotopic (exact) mass is 493 g/mol. The SMILES string of the molecule is CN(c1nc(N)nc(N)c1C#N)c1nc2c(Cl)cc(C3CC3)c(Cl)c2c(=O)n1-c1cccnc1. The van der Waals surface area contributed by atoms with Crippen molar-refractivity contribution in [3.8, 4) is 11.8 Å². The number of hydrogen-bond acceptors (Lipinski definition) is 9. The maximum Gasteiger partial charge on any atom is 0.269 e. The molecule has 0 aliphatic heterocycles. The van der Waals surface area contributed by atoms with Crippen molar-refractivity contribution in [3.05, 3.63) is 62.1 Å². The Morgan fingerprint density at radius 1 is 1.24 bits per heavy atom. The number of hydrogen-bond donors (Lipinski definition) is 2. The van der Waals surface area contributed by atoms with E-state index in [1.54, 1.807) is 31.4 Å². The predicted molar refractivity (Wildman–Crippen MR) is 131 cm³/mol. The van der Waals surface area contributed by atoms with E-state index >= 15 is 0 Å². The van der Waals surface area contributed by atoms with Gasteiger partial charge in [-0.1, -0.05) is 23.2 Å². The van der Waals surface area contributed by atoms with E-state index in [0.717, 1.165) is 18.4 Å². The zero-order valence-electron chi connectivity index (χ0n) is 17.8. The van der Waals surface area contributed by atoms with E-state index in [2.05, 4.69) is 15.0 Å². The van der Waals surface area contributed by atoms with E-state index in [0.29, 0.717) is 15.7 Å². The first kappa shape index (κ1) is 21.9. The molecular weight excluding hydrogens is 477 g/mol. The van der Waals surface area contributed by atoms with Crippen LogP contribution in [0.5, 0.6) is 0 Å². The third kappa shape index (κ3) is 3.46. The minimum Gasteiger partial charge on any atom is -0.382 e. The van der Waals surface area contributed by atoms with Crippen LogP contribution in [0.2, 0.25) is 10.0 Å². The number of pyridine rings is 1. The van der Waals surface area contributed by atoms with Crippen molar-refractivity contribution in [1.82, 2.24) is 24.5 Å². The summed E-state index contributed by atoms with van der Waals surface area (Å²) < 4.78 is 1.34. The first-order valence-electron chi connectivity index (χ1n) is 10.2. The highest BCUT2D eigenvalue weighted by Crippen LogP contribution is 2.46. The Kier molecular flexibility index (Phi) is 5.23. The molecule has 1 aliphatic rings. The molecule has 1 fully saturated rings. The van der Waals surface area contributed by atoms with Crippen molar-refractivity contribution in [2.75, 3.05) is 23.4 Å². The Morgan fingerprint density at radius 3 is 2.65 bits per heavy atom. The Bertz CT molecular complexity index is 1560. The van der Waals surface area contributed by atoms with E-state index in [1.807, 2.05) is 6.07 Å². The summed E-state index contributed by atoms with van der Waals surface area (Å²) in [5.74, 6) is 0.227. The van der Waals surface area contributed by atoms with Crippen molar-refractivity contribution in [2.24, 2.45) is 0 Å². The van der Waals surface area contributed by atoms with Crippen LogP contribution in [0.15, 0.2) is 35.4 Å². The maximum absolute atomic E-state index is 13.9. The maximum atomic E-state index is 13.9. The van der Waals surface area contributed by atoms with Crippen LogP contribution in [0.1, 0.15) is 29.9 Å². The highest BCUT2D eigenvalue weighted by molar-refractivity contribution is 6.40. The molecule has 1 saturated carbocycles. The predicted octanol–water partition coefficient (Wildman–Crippen LogP) is 3.56. The van der Waals surface area contributed by atoms with Crippen molar-refractivity contribution in [1.29, 1.82) is 5.26 Å². The van der Waals surface area contributed by atoms with Crippen molar-refractivity contribution in [2.45, 2.75) is 18.8 Å². The van der Waals surface area contributed by atoms with Gasteiger partial charge in [0.15, 0.2) is 5.82 Å². The summed E-state index contributed by atoms with van der Waals surface area (Å²) in [7, 11) is 1.58. The highest BCUT2D eigenvalue weighted by atomic mass is 35.5. The minimum atomic E-state index is -0.442. The average Bonchev–Trinajstić information content (AvgIpc) is 3.66. The van der Waals surface area contributed by atoms with Crippen LogP contribution < -0.4 is 21.9 Å². The highest BCUT2D eigenvalue weighted by Gasteiger charge is 2.30. The number of anilines is 4. The molecule has 0 radical (unpaired) electrons. The second kappa shape index (κ2) is 8.13. The number of halogens is 2. The molecule has 1 aliphatic carbocycles. The molecule has 12 heteroatoms. The lowest BCUT2D eigenvalue weighted by Gasteiger charge is -2.23. The Labute approximate surface area is 203 Å². The van der Waals surface area contributed by atoms with Crippen LogP contribution in [-0.4, -0.2) is 31.6 Å². The van der Waals surface area contributed by atoms with Gasteiger partial charge in [-0.05, 0) is 42.5 Å². The molecule has 0 unspecified atom stereocenters. The van der Waals surface area contributed by atoms with Crippen LogP contribution in [0.4, 0.5) is 23.5 Å². The molecule has 5 rings (SSSR count). The van der Waals surface area contributed by atoms with E-state index in [4.69, 9.17) is 39.7 Å². The van der Waals surface area contributed by atoms with E-state index < -0.39 is 5.56 Å². The van der Waals surface area contributed by atoms with Crippen LogP contribution in [0, 0.1) is 11.3 Å². The van der Waals surface area contributed by atoms with E-state index in [-0.39, 0.29) is 45.9 Å². The van der Waals surface area contributed by atoms with Gasteiger partial charge in [-0.25, -0.2) is 9.55 Å². The minimum absolute atomic E-state index is 0.0167. The molecule has 0 bridgehead atoms. The lowest BCUT2D eigenvalue weighted by molar-refractivity contribution is 0.900. The fourth-order valence-corrected chi connectivity index (χ4v) is 4.49. The van der Waals surface area contributed by atoms with Crippen LogP contribution in [0.3, 0.4) is 0 Å². The van der Waals surface area contributed by atoms with Gasteiger partial charge in [-0.2, -0.15) is 15.2 Å². The van der Waals surface area contributed by atoms with Crippen LogP contribution in [0.25, 0.3) is 16.6 Å². The number of nitrogens with zero attached hydrogens (tertiary/aromatic N) is 7. The number of aromatic nitrogens is 5. The smallest absolute Gasteiger partial charge is 0.269 e. The van der Waals surface area contributed by atoms with Crippen molar-refractivity contribution in [3.63, 3.8) is 0 Å². The quantitative estimate of drug-likeness (QED) is 0.434. The first-order valence-corrected chi connectivity index (χ1v) is 11.0. The van der Waals surface area contributed by atoms with Gasteiger partial charge in [0.1, 0.15) is 17.5 Å². The van der Waals surface area contributed by atoms with E-state index in [1.165, 1.54) is 15.7 Å². The van der Waals surface area contributed by atoms with E-state index in [9.17, 15) is 10.1 Å². The summed E-state index contributed by atoms with van der Waals surface area (Å²) in [5, 5.41) is 10.5. The second-order valence-electron chi connectivity index (χ2n) is 7.86. The number of fused-ring (bicyclic) bond motifs is 1. The normalized spacial score (nSPS) is 13.1. The molecule has 3 aromatic heterocycles. The fraction of sp³-hybridized carbons (Fsp3) is 0.182. The molecule has 0 saturated heterocycles. The number of nitrogen functional groups attached to an aromatic ring is 2. The summed E-state index contributed by atoms with van der Waals surface area (Å²) in [6, 6.07) is 7.13. The molecule has 0 amide bonds. The zero-order chi connectivity index (χ0) is 24.1. The first-order chi connectivity index (χ1) is 16.3. The Hall–Kier alpha value is -3.94. The fourth-order valence-electron chi connectivity index (χ4n) is 3.86. The van der Waals surface area contributed by atoms with Gasteiger partial charge in [0.25, 0.3) is 5.56 Å². The molecule has 10 nitrogen and oxygen atoms in total. The third-order valence-electron chi connectivity index (χ3n) is 5.63. The molecule has 0 atom stereocenters. The summed E-state index contributed by atoms with van der Waals surface area (Å²) in [4.78, 5) is 32.2. The lowest BCUT2D eigenvalue weighted by atomic mass is 10.1. The van der Waals surface area contributed by atoms with Crippen molar-refractivity contribution < 1.29 is 0 Å². The van der Waals surface area contributed by atoms with Gasteiger partial charge >= 0.3 is 0 Å². The third-order valence-corrected chi connectivity index (χ3v) is 6.33. The molecule has 34 heavy (non-hydrogen) atoms. The molecular formula is C22H17Cl2N9O. The second-order valence-corrected chi connectivity index (χ2v) is 8.64. The van der Waals surface area contributed by atoms with Gasteiger partial charge in [0, 0.05) is 13.2 Å². The molecule has 170 valence electrons. The molecule has 4 N–H and O–H groups in total.